The van der Waals surface area contributed by atoms with Gasteiger partial charge in [0.05, 0.1) is 18.8 Å². The van der Waals surface area contributed by atoms with Crippen LogP contribution in [0.4, 0.5) is 0 Å². The molecule has 2 rings (SSSR count). The van der Waals surface area contributed by atoms with E-state index in [0.29, 0.717) is 5.02 Å². The molecule has 0 fully saturated rings. The number of aliphatic carboxylic acids is 1. The molecule has 0 spiro atoms. The molecule has 0 unspecified atom stereocenters. The van der Waals surface area contributed by atoms with Gasteiger partial charge in [0.15, 0.2) is 0 Å². The van der Waals surface area contributed by atoms with Crippen LogP contribution in [-0.4, -0.2) is 90.5 Å². The Hall–Kier alpha value is -2.80. The number of hydrogen-bond acceptors (Lipinski definition) is 9. The van der Waals surface area contributed by atoms with Crippen LogP contribution in [0.25, 0.3) is 10.8 Å². The third kappa shape index (κ3) is 8.24. The topological polar surface area (TPSA) is 205 Å². The van der Waals surface area contributed by atoms with E-state index in [1.807, 2.05) is 29.6 Å². The van der Waals surface area contributed by atoms with E-state index in [2.05, 4.69) is 0 Å². The van der Waals surface area contributed by atoms with Gasteiger partial charge in [0.1, 0.15) is 24.1 Å². The number of nitrogens with one attached hydrogen (secondary N) is 1. The first-order valence-corrected chi connectivity index (χ1v) is 10.0. The minimum Gasteiger partial charge on any atom is -0.507 e. The Kier molecular flexibility index (Phi) is 11.2. The fourth-order valence-electron chi connectivity index (χ4n) is 2.84. The number of carboxylic acids is 1. The number of Topliss-reactive ketones (excluding diaryl/α,β-unsaturated/α-hetero) is 1. The van der Waals surface area contributed by atoms with E-state index in [-0.39, 0.29) is 5.75 Å². The number of fused-ring (bicyclic) bond motifs is 1. The Balaban J connectivity index is 0.000000377. The van der Waals surface area contributed by atoms with E-state index in [0.717, 1.165) is 17.7 Å². The molecule has 0 aliphatic carbocycles. The van der Waals surface area contributed by atoms with Crippen molar-refractivity contribution in [3.63, 3.8) is 0 Å². The van der Waals surface area contributed by atoms with Crippen molar-refractivity contribution < 1.29 is 50.1 Å². The van der Waals surface area contributed by atoms with E-state index >= 15 is 0 Å². The lowest BCUT2D eigenvalue weighted by atomic mass is 9.94. The number of aromatic hydroxyl groups is 1. The maximum atomic E-state index is 11.0. The van der Waals surface area contributed by atoms with Crippen LogP contribution in [0.5, 0.6) is 5.75 Å². The third-order valence-corrected chi connectivity index (χ3v) is 4.89. The number of rotatable bonds is 9. The van der Waals surface area contributed by atoms with E-state index in [1.54, 1.807) is 12.1 Å². The molecule has 0 bridgehead atoms. The van der Waals surface area contributed by atoms with Crippen LogP contribution in [0, 0.1) is 0 Å². The number of aliphatic hydroxyl groups is 5. The summed E-state index contributed by atoms with van der Waals surface area (Å²) in [5, 5.41) is 69.2. The summed E-state index contributed by atoms with van der Waals surface area (Å²) < 4.78 is 0. The number of ketones is 1. The average Bonchev–Trinajstić information content (AvgIpc) is 2.78. The SMILES string of the molecule is CC(=O)N[C@@H]([C@@H](O)[C@H](O)[C@H](O)CO)[C@@H](O)CC(=O)C(=O)O.Oc1ccc(Cl)c2ccccc12. The predicted molar refractivity (Wildman–Crippen MR) is 117 cm³/mol. The Labute approximate surface area is 193 Å². The van der Waals surface area contributed by atoms with E-state index < -0.39 is 61.1 Å². The van der Waals surface area contributed by atoms with Crippen molar-refractivity contribution in [1.29, 1.82) is 0 Å². The second-order valence-corrected chi connectivity index (χ2v) is 7.48. The summed E-state index contributed by atoms with van der Waals surface area (Å²) in [7, 11) is 0. The van der Waals surface area contributed by atoms with E-state index in [9.17, 15) is 39.9 Å². The van der Waals surface area contributed by atoms with E-state index in [4.69, 9.17) is 21.8 Å². The van der Waals surface area contributed by atoms with Crippen LogP contribution in [0.1, 0.15) is 13.3 Å². The van der Waals surface area contributed by atoms with Gasteiger partial charge in [0.25, 0.3) is 0 Å². The lowest BCUT2D eigenvalue weighted by Gasteiger charge is -2.32. The summed E-state index contributed by atoms with van der Waals surface area (Å²) in [5.41, 5.74) is 0. The zero-order valence-electron chi connectivity index (χ0n) is 17.5. The van der Waals surface area contributed by atoms with Gasteiger partial charge in [-0.25, -0.2) is 4.79 Å². The number of carbonyl (C=O) groups excluding carboxylic acids is 2. The minimum atomic E-state index is -1.94. The molecule has 1 amide bonds. The maximum absolute atomic E-state index is 11.0. The van der Waals surface area contributed by atoms with Gasteiger partial charge in [0.2, 0.25) is 11.7 Å². The number of aliphatic hydroxyl groups excluding tert-OH is 5. The summed E-state index contributed by atoms with van der Waals surface area (Å²) in [6.07, 6.45) is -8.35. The molecule has 12 heteroatoms. The highest BCUT2D eigenvalue weighted by molar-refractivity contribution is 6.35. The van der Waals surface area contributed by atoms with Gasteiger partial charge < -0.3 is 41.1 Å². The summed E-state index contributed by atoms with van der Waals surface area (Å²) in [6, 6.07) is 9.19. The van der Waals surface area contributed by atoms with Crippen molar-refractivity contribution in [2.45, 2.75) is 43.8 Å². The first-order valence-electron chi connectivity index (χ1n) is 9.63. The van der Waals surface area contributed by atoms with E-state index in [1.165, 1.54) is 0 Å². The summed E-state index contributed by atoms with van der Waals surface area (Å²) in [5.74, 6) is -3.62. The maximum Gasteiger partial charge on any atom is 0.372 e. The first kappa shape index (κ1) is 28.2. The van der Waals surface area contributed by atoms with Crippen LogP contribution >= 0.6 is 11.6 Å². The number of amides is 1. The predicted octanol–water partition coefficient (Wildman–Crippen LogP) is -0.830. The second-order valence-electron chi connectivity index (χ2n) is 7.07. The van der Waals surface area contributed by atoms with Gasteiger partial charge in [-0.2, -0.15) is 0 Å². The highest BCUT2D eigenvalue weighted by Gasteiger charge is 2.37. The van der Waals surface area contributed by atoms with Crippen molar-refractivity contribution in [2.75, 3.05) is 6.61 Å². The zero-order chi connectivity index (χ0) is 25.3. The van der Waals surface area contributed by atoms with Gasteiger partial charge >= 0.3 is 5.97 Å². The molecule has 5 atom stereocenters. The fraction of sp³-hybridized carbons (Fsp3) is 0.381. The van der Waals surface area contributed by atoms with Crippen LogP contribution in [0.3, 0.4) is 0 Å². The fourth-order valence-corrected chi connectivity index (χ4v) is 3.07. The lowest BCUT2D eigenvalue weighted by Crippen LogP contribution is -2.57. The quantitative estimate of drug-likeness (QED) is 0.206. The summed E-state index contributed by atoms with van der Waals surface area (Å²) in [6.45, 7) is 0.134. The number of carbonyl (C=O) groups is 3. The molecule has 11 nitrogen and oxygen atoms in total. The number of benzene rings is 2. The molecule has 2 aromatic carbocycles. The van der Waals surface area contributed by atoms with Crippen LogP contribution in [0.15, 0.2) is 36.4 Å². The van der Waals surface area contributed by atoms with Crippen molar-refractivity contribution in [3.8, 4) is 5.75 Å². The molecular weight excluding hydrogens is 462 g/mol. The molecule has 2 aromatic rings. The molecule has 0 radical (unpaired) electrons. The molecule has 33 heavy (non-hydrogen) atoms. The molecule has 0 aliphatic heterocycles. The average molecular weight is 488 g/mol. The molecule has 0 saturated heterocycles. The van der Waals surface area contributed by atoms with Crippen LogP contribution in [0.2, 0.25) is 5.02 Å². The van der Waals surface area contributed by atoms with Crippen molar-refractivity contribution >= 4 is 40.0 Å². The number of phenols is 1. The first-order chi connectivity index (χ1) is 15.4. The molecule has 0 aliphatic rings. The number of carboxylic acid groups (broad SMARTS) is 1. The summed E-state index contributed by atoms with van der Waals surface area (Å²) in [4.78, 5) is 32.4. The van der Waals surface area contributed by atoms with Crippen LogP contribution < -0.4 is 5.32 Å². The largest absolute Gasteiger partial charge is 0.507 e. The normalized spacial score (nSPS) is 15.4. The molecule has 0 aromatic heterocycles. The minimum absolute atomic E-state index is 0.273. The van der Waals surface area contributed by atoms with Gasteiger partial charge in [0, 0.05) is 29.1 Å². The Morgan fingerprint density at radius 2 is 1.52 bits per heavy atom. The second kappa shape index (κ2) is 13.0. The Morgan fingerprint density at radius 3 is 2.00 bits per heavy atom. The zero-order valence-corrected chi connectivity index (χ0v) is 18.3. The highest BCUT2D eigenvalue weighted by atomic mass is 35.5. The van der Waals surface area contributed by atoms with Gasteiger partial charge in [-0.15, -0.1) is 0 Å². The molecular formula is C21H26ClNO10. The van der Waals surface area contributed by atoms with Crippen molar-refractivity contribution in [3.05, 3.63) is 41.4 Å². The highest BCUT2D eigenvalue weighted by Crippen LogP contribution is 2.29. The third-order valence-electron chi connectivity index (χ3n) is 4.56. The Bertz CT molecular complexity index is 929. The lowest BCUT2D eigenvalue weighted by molar-refractivity contribution is -0.151. The Morgan fingerprint density at radius 1 is 0.939 bits per heavy atom. The van der Waals surface area contributed by atoms with Crippen molar-refractivity contribution in [2.24, 2.45) is 0 Å². The number of hydrogen-bond donors (Lipinski definition) is 8. The van der Waals surface area contributed by atoms with Gasteiger partial charge in [-0.05, 0) is 12.1 Å². The van der Waals surface area contributed by atoms with Crippen molar-refractivity contribution in [1.82, 2.24) is 5.32 Å². The standard InChI is InChI=1S/C11H19NO9.C10H7ClO/c1-4(14)12-8(5(15)2-6(16)11(20)21)10(19)9(18)7(17)3-13;11-9-5-6-10(12)8-4-2-1-3-7(8)9/h5,7-10,13,15,17-19H,2-3H2,1H3,(H,12,14)(H,20,21);1-6,12H/t5-,7+,8+,9+,10+;/m0./s1. The molecule has 0 heterocycles. The molecule has 0 saturated carbocycles. The number of halogens is 1. The molecule has 182 valence electrons. The monoisotopic (exact) mass is 487 g/mol. The number of phenolic OH excluding ortho intramolecular Hbond substituents is 1. The molecule has 8 N–H and O–H groups in total. The summed E-state index contributed by atoms with van der Waals surface area (Å²) >= 11 is 5.92. The van der Waals surface area contributed by atoms with Crippen LogP contribution in [-0.2, 0) is 14.4 Å². The smallest absolute Gasteiger partial charge is 0.372 e. The van der Waals surface area contributed by atoms with Gasteiger partial charge in [-0.1, -0.05) is 35.9 Å². The van der Waals surface area contributed by atoms with Gasteiger partial charge in [-0.3, -0.25) is 9.59 Å².